The number of benzene rings is 2. The first-order valence-electron chi connectivity index (χ1n) is 9.67. The van der Waals surface area contributed by atoms with E-state index in [0.29, 0.717) is 0 Å². The number of ether oxygens (including phenoxy) is 2. The fourth-order valence-corrected chi connectivity index (χ4v) is 2.86. The van der Waals surface area contributed by atoms with Crippen molar-refractivity contribution in [2.75, 3.05) is 0 Å². The normalized spacial score (nSPS) is 13.6. The molecule has 0 aromatic heterocycles. The van der Waals surface area contributed by atoms with Crippen molar-refractivity contribution in [3.05, 3.63) is 96.1 Å². The van der Waals surface area contributed by atoms with E-state index in [2.05, 4.69) is 5.32 Å². The van der Waals surface area contributed by atoms with Gasteiger partial charge in [0.15, 0.2) is 0 Å². The van der Waals surface area contributed by atoms with Crippen molar-refractivity contribution in [2.45, 2.75) is 25.7 Å². The van der Waals surface area contributed by atoms with Crippen LogP contribution in [0.15, 0.2) is 85.0 Å². The maximum Gasteiger partial charge on any atom is 0.329 e. The Morgan fingerprint density at radius 3 is 1.90 bits per heavy atom. The van der Waals surface area contributed by atoms with Gasteiger partial charge in [0.05, 0.1) is 12.3 Å². The number of esters is 2. The number of amides is 1. The van der Waals surface area contributed by atoms with Crippen molar-refractivity contribution in [3.8, 4) is 0 Å². The summed E-state index contributed by atoms with van der Waals surface area (Å²) < 4.78 is 10.6. The average Bonchev–Trinajstić information content (AvgIpc) is 3.32. The van der Waals surface area contributed by atoms with E-state index < -0.39 is 23.9 Å². The van der Waals surface area contributed by atoms with E-state index in [1.54, 1.807) is 24.3 Å². The minimum Gasteiger partial charge on any atom is -0.461 e. The zero-order valence-electron chi connectivity index (χ0n) is 16.4. The lowest BCUT2D eigenvalue weighted by atomic mass is 10.1. The van der Waals surface area contributed by atoms with Crippen molar-refractivity contribution < 1.29 is 23.9 Å². The van der Waals surface area contributed by atoms with Gasteiger partial charge >= 0.3 is 11.9 Å². The van der Waals surface area contributed by atoms with Crippen molar-refractivity contribution in [1.82, 2.24) is 5.32 Å². The summed E-state index contributed by atoms with van der Waals surface area (Å²) in [5.74, 6) is -2.14. The third-order valence-corrected chi connectivity index (χ3v) is 4.49. The molecule has 0 heterocycles. The average molecular weight is 405 g/mol. The van der Waals surface area contributed by atoms with Gasteiger partial charge in [-0.25, -0.2) is 4.79 Å². The molecule has 0 saturated heterocycles. The lowest BCUT2D eigenvalue weighted by molar-refractivity contribution is -0.155. The number of carbonyl (C=O) groups is 3. The van der Waals surface area contributed by atoms with E-state index in [0.717, 1.165) is 11.1 Å². The van der Waals surface area contributed by atoms with Crippen molar-refractivity contribution >= 4 is 17.8 Å². The van der Waals surface area contributed by atoms with E-state index >= 15 is 0 Å². The Bertz CT molecular complexity index is 909. The highest BCUT2D eigenvalue weighted by Crippen LogP contribution is 2.11. The van der Waals surface area contributed by atoms with Crippen LogP contribution in [0.2, 0.25) is 0 Å². The van der Waals surface area contributed by atoms with Gasteiger partial charge in [-0.15, -0.1) is 0 Å². The molecule has 1 amide bonds. The zero-order chi connectivity index (χ0) is 21.2. The summed E-state index contributed by atoms with van der Waals surface area (Å²) in [4.78, 5) is 37.3. The van der Waals surface area contributed by atoms with Gasteiger partial charge in [0.2, 0.25) is 5.91 Å². The third kappa shape index (κ3) is 6.44. The molecule has 0 unspecified atom stereocenters. The van der Waals surface area contributed by atoms with Gasteiger partial charge in [-0.3, -0.25) is 9.59 Å². The summed E-state index contributed by atoms with van der Waals surface area (Å²) >= 11 is 0. The van der Waals surface area contributed by atoms with Gasteiger partial charge in [0, 0.05) is 0 Å². The molecule has 154 valence electrons. The molecular weight excluding hydrogens is 382 g/mol. The van der Waals surface area contributed by atoms with Gasteiger partial charge in [-0.05, 0) is 11.1 Å². The number of allylic oxidation sites excluding steroid dienone is 2. The first-order valence-corrected chi connectivity index (χ1v) is 9.67. The molecule has 2 aromatic carbocycles. The molecule has 0 fully saturated rings. The highest BCUT2D eigenvalue weighted by atomic mass is 16.5. The summed E-state index contributed by atoms with van der Waals surface area (Å²) in [7, 11) is 0. The van der Waals surface area contributed by atoms with Gasteiger partial charge in [0.1, 0.15) is 19.3 Å². The molecular formula is C24H23NO5. The van der Waals surface area contributed by atoms with Gasteiger partial charge in [-0.1, -0.05) is 85.0 Å². The minimum atomic E-state index is -1.13. The molecule has 1 aliphatic carbocycles. The van der Waals surface area contributed by atoms with Crippen LogP contribution in [-0.4, -0.2) is 23.9 Å². The first-order chi connectivity index (χ1) is 14.6. The SMILES string of the molecule is O=C(C[C@H](NC(=O)C1C=CC=C1)C(=O)OCc1ccccc1)OCc1ccccc1. The molecule has 30 heavy (non-hydrogen) atoms. The zero-order valence-corrected chi connectivity index (χ0v) is 16.4. The molecule has 0 bridgehead atoms. The highest BCUT2D eigenvalue weighted by molar-refractivity contribution is 5.90. The van der Waals surface area contributed by atoms with Crippen LogP contribution in [-0.2, 0) is 37.1 Å². The lowest BCUT2D eigenvalue weighted by Gasteiger charge is -2.18. The van der Waals surface area contributed by atoms with Gasteiger partial charge < -0.3 is 14.8 Å². The molecule has 1 atom stereocenters. The summed E-state index contributed by atoms with van der Waals surface area (Å²) in [6.45, 7) is 0.141. The number of hydrogen-bond donors (Lipinski definition) is 1. The molecule has 3 rings (SSSR count). The van der Waals surface area contributed by atoms with Crippen LogP contribution in [0, 0.1) is 5.92 Å². The van der Waals surface area contributed by atoms with Crippen LogP contribution in [0.3, 0.4) is 0 Å². The second-order valence-corrected chi connectivity index (χ2v) is 6.80. The monoisotopic (exact) mass is 405 g/mol. The summed E-state index contributed by atoms with van der Waals surface area (Å²) in [5, 5.41) is 2.61. The molecule has 0 spiro atoms. The Morgan fingerprint density at radius 1 is 0.800 bits per heavy atom. The Morgan fingerprint density at radius 2 is 1.33 bits per heavy atom. The van der Waals surface area contributed by atoms with Gasteiger partial charge in [0.25, 0.3) is 0 Å². The van der Waals surface area contributed by atoms with Crippen LogP contribution in [0.5, 0.6) is 0 Å². The smallest absolute Gasteiger partial charge is 0.329 e. The fourth-order valence-electron chi connectivity index (χ4n) is 2.86. The maximum absolute atomic E-state index is 12.6. The first kappa shape index (κ1) is 21.0. The predicted octanol–water partition coefficient (Wildman–Crippen LogP) is 3.09. The van der Waals surface area contributed by atoms with E-state index in [-0.39, 0.29) is 25.5 Å². The van der Waals surface area contributed by atoms with Crippen molar-refractivity contribution in [2.24, 2.45) is 5.92 Å². The van der Waals surface area contributed by atoms with Crippen LogP contribution in [0.4, 0.5) is 0 Å². The number of carbonyl (C=O) groups excluding carboxylic acids is 3. The van der Waals surface area contributed by atoms with Gasteiger partial charge in [-0.2, -0.15) is 0 Å². The standard InChI is InChI=1S/C24H23NO5/c26-22(29-16-18-9-3-1-4-10-18)15-21(25-23(27)20-13-7-8-14-20)24(28)30-17-19-11-5-2-6-12-19/h1-14,20-21H,15-17H2,(H,25,27)/t21-/m0/s1. The van der Waals surface area contributed by atoms with Crippen LogP contribution in [0.25, 0.3) is 0 Å². The van der Waals surface area contributed by atoms with Crippen LogP contribution in [0.1, 0.15) is 17.5 Å². The Balaban J connectivity index is 1.59. The molecule has 6 nitrogen and oxygen atoms in total. The van der Waals surface area contributed by atoms with Crippen LogP contribution < -0.4 is 5.32 Å². The Kier molecular flexibility index (Phi) is 7.55. The summed E-state index contributed by atoms with van der Waals surface area (Å²) in [6.07, 6.45) is 6.60. The minimum absolute atomic E-state index is 0.0499. The number of hydrogen-bond acceptors (Lipinski definition) is 5. The second kappa shape index (κ2) is 10.8. The maximum atomic E-state index is 12.6. The van der Waals surface area contributed by atoms with E-state index in [1.807, 2.05) is 60.7 Å². The van der Waals surface area contributed by atoms with E-state index in [1.165, 1.54) is 0 Å². The molecule has 2 aromatic rings. The lowest BCUT2D eigenvalue weighted by Crippen LogP contribution is -2.45. The molecule has 0 saturated carbocycles. The van der Waals surface area contributed by atoms with E-state index in [9.17, 15) is 14.4 Å². The topological polar surface area (TPSA) is 81.7 Å². The fraction of sp³-hybridized carbons (Fsp3) is 0.208. The summed E-state index contributed by atoms with van der Waals surface area (Å²) in [6, 6.07) is 17.3. The largest absolute Gasteiger partial charge is 0.461 e. The highest BCUT2D eigenvalue weighted by Gasteiger charge is 2.28. The predicted molar refractivity (Wildman–Crippen MR) is 111 cm³/mol. The van der Waals surface area contributed by atoms with Crippen molar-refractivity contribution in [3.63, 3.8) is 0 Å². The third-order valence-electron chi connectivity index (χ3n) is 4.49. The Hall–Kier alpha value is -3.67. The molecule has 1 aliphatic rings. The molecule has 0 radical (unpaired) electrons. The molecule has 6 heteroatoms. The quantitative estimate of drug-likeness (QED) is 0.649. The van der Waals surface area contributed by atoms with E-state index in [4.69, 9.17) is 9.47 Å². The molecule has 0 aliphatic heterocycles. The van der Waals surface area contributed by atoms with Crippen molar-refractivity contribution in [1.29, 1.82) is 0 Å². The van der Waals surface area contributed by atoms with Crippen LogP contribution >= 0.6 is 0 Å². The second-order valence-electron chi connectivity index (χ2n) is 6.80. The number of rotatable bonds is 9. The number of nitrogens with one attached hydrogen (secondary N) is 1. The Labute approximate surface area is 175 Å². The summed E-state index contributed by atoms with van der Waals surface area (Å²) in [5.41, 5.74) is 1.64. The molecule has 1 N–H and O–H groups in total.